The molecule has 21 heavy (non-hydrogen) atoms. The fourth-order valence-corrected chi connectivity index (χ4v) is 2.57. The van der Waals surface area contributed by atoms with Crippen LogP contribution in [0, 0.1) is 17.8 Å². The average Bonchev–Trinajstić information content (AvgIpc) is 2.39. The smallest absolute Gasteiger partial charge is 0.331 e. The second-order valence-corrected chi connectivity index (χ2v) is 6.07. The van der Waals surface area contributed by atoms with Crippen LogP contribution >= 0.6 is 0 Å². The van der Waals surface area contributed by atoms with Gasteiger partial charge in [0.15, 0.2) is 0 Å². The van der Waals surface area contributed by atoms with Crippen LogP contribution in [0.5, 0.6) is 0 Å². The number of carboxylic acids is 1. The molecule has 1 aliphatic rings. The first kappa shape index (κ1) is 17.4. The number of hydrogen-bond donors (Lipinski definition) is 2. The van der Waals surface area contributed by atoms with E-state index in [-0.39, 0.29) is 11.8 Å². The normalized spacial score (nSPS) is 27.0. The Hall–Kier alpha value is -1.61. The molecule has 0 aromatic rings. The molecule has 3 atom stereocenters. The second kappa shape index (κ2) is 7.99. The van der Waals surface area contributed by atoms with E-state index in [1.165, 1.54) is 0 Å². The molecular formula is C18H26O3. The van der Waals surface area contributed by atoms with E-state index in [0.29, 0.717) is 24.3 Å². The van der Waals surface area contributed by atoms with Gasteiger partial charge < -0.3 is 10.2 Å². The van der Waals surface area contributed by atoms with Crippen molar-refractivity contribution in [3.63, 3.8) is 0 Å². The lowest BCUT2D eigenvalue weighted by atomic mass is 9.68. The summed E-state index contributed by atoms with van der Waals surface area (Å²) in [6.07, 6.45) is 10.2. The molecule has 0 aromatic carbocycles. The van der Waals surface area contributed by atoms with Crippen molar-refractivity contribution in [1.29, 1.82) is 0 Å². The Morgan fingerprint density at radius 2 is 2.05 bits per heavy atom. The van der Waals surface area contributed by atoms with Crippen molar-refractivity contribution < 1.29 is 15.0 Å². The third-order valence-corrected chi connectivity index (χ3v) is 3.80. The molecule has 0 saturated heterocycles. The second-order valence-electron chi connectivity index (χ2n) is 6.07. The molecule has 0 heterocycles. The highest BCUT2D eigenvalue weighted by Gasteiger charge is 2.41. The molecule has 3 nitrogen and oxygen atoms in total. The van der Waals surface area contributed by atoms with Crippen molar-refractivity contribution in [3.8, 4) is 0 Å². The summed E-state index contributed by atoms with van der Waals surface area (Å²) < 4.78 is 0. The molecule has 0 amide bonds. The molecule has 3 heteroatoms. The van der Waals surface area contributed by atoms with Gasteiger partial charge in [-0.05, 0) is 30.3 Å². The van der Waals surface area contributed by atoms with Gasteiger partial charge >= 0.3 is 5.97 Å². The quantitative estimate of drug-likeness (QED) is 0.427. The summed E-state index contributed by atoms with van der Waals surface area (Å²) >= 11 is 0. The van der Waals surface area contributed by atoms with Gasteiger partial charge in [0.2, 0.25) is 0 Å². The van der Waals surface area contributed by atoms with Crippen molar-refractivity contribution in [2.24, 2.45) is 17.8 Å². The van der Waals surface area contributed by atoms with E-state index in [9.17, 15) is 15.0 Å². The molecule has 1 saturated carbocycles. The summed E-state index contributed by atoms with van der Waals surface area (Å²) in [6, 6.07) is 0. The van der Waals surface area contributed by atoms with E-state index < -0.39 is 12.1 Å². The van der Waals surface area contributed by atoms with E-state index >= 15 is 0 Å². The fraction of sp³-hybridized carbons (Fsp3) is 0.500. The van der Waals surface area contributed by atoms with Crippen LogP contribution in [0.1, 0.15) is 33.6 Å². The van der Waals surface area contributed by atoms with Crippen LogP contribution in [0.25, 0.3) is 0 Å². The molecule has 0 radical (unpaired) electrons. The van der Waals surface area contributed by atoms with Crippen molar-refractivity contribution in [3.05, 3.63) is 48.1 Å². The number of aliphatic hydroxyl groups is 1. The highest BCUT2D eigenvalue weighted by atomic mass is 16.4. The Kier molecular flexibility index (Phi) is 6.63. The monoisotopic (exact) mass is 290 g/mol. The third-order valence-electron chi connectivity index (χ3n) is 3.80. The van der Waals surface area contributed by atoms with Gasteiger partial charge in [0, 0.05) is 11.5 Å². The minimum atomic E-state index is -0.951. The first-order valence-electron chi connectivity index (χ1n) is 7.48. The van der Waals surface area contributed by atoms with Gasteiger partial charge in [-0.3, -0.25) is 0 Å². The van der Waals surface area contributed by atoms with Gasteiger partial charge in [-0.25, -0.2) is 4.79 Å². The number of aliphatic carboxylic acids is 1. The SMILES string of the molecule is C=CCC(/C=C\C(C)C)=C\C=C(\C(=O)O)C1C(C)CC1O. The Morgan fingerprint density at radius 1 is 1.38 bits per heavy atom. The van der Waals surface area contributed by atoms with Crippen molar-refractivity contribution in [2.45, 2.75) is 39.7 Å². The Bertz CT molecular complexity index is 461. The minimum absolute atomic E-state index is 0.213. The van der Waals surface area contributed by atoms with E-state index in [1.807, 2.05) is 19.1 Å². The molecule has 0 spiro atoms. The van der Waals surface area contributed by atoms with E-state index in [0.717, 1.165) is 5.57 Å². The van der Waals surface area contributed by atoms with Crippen molar-refractivity contribution in [2.75, 3.05) is 0 Å². The highest BCUT2D eigenvalue weighted by molar-refractivity contribution is 5.88. The van der Waals surface area contributed by atoms with Crippen molar-refractivity contribution >= 4 is 5.97 Å². The Morgan fingerprint density at radius 3 is 2.48 bits per heavy atom. The number of hydrogen-bond acceptors (Lipinski definition) is 2. The van der Waals surface area contributed by atoms with Crippen LogP contribution in [0.4, 0.5) is 0 Å². The maximum atomic E-state index is 11.4. The summed E-state index contributed by atoms with van der Waals surface area (Å²) in [6.45, 7) is 9.88. The predicted octanol–water partition coefficient (Wildman–Crippen LogP) is 3.73. The predicted molar refractivity (Wildman–Crippen MR) is 85.9 cm³/mol. The summed E-state index contributed by atoms with van der Waals surface area (Å²) in [5, 5.41) is 19.1. The van der Waals surface area contributed by atoms with Gasteiger partial charge in [0.05, 0.1) is 6.10 Å². The zero-order chi connectivity index (χ0) is 16.0. The molecule has 0 aromatic heterocycles. The minimum Gasteiger partial charge on any atom is -0.478 e. The van der Waals surface area contributed by atoms with Crippen LogP contribution in [0.15, 0.2) is 48.1 Å². The molecule has 0 aliphatic heterocycles. The molecule has 1 aliphatic carbocycles. The zero-order valence-electron chi connectivity index (χ0n) is 13.1. The van der Waals surface area contributed by atoms with E-state index in [2.05, 4.69) is 26.5 Å². The van der Waals surface area contributed by atoms with Gasteiger partial charge in [0.25, 0.3) is 0 Å². The highest BCUT2D eigenvalue weighted by Crippen LogP contribution is 2.39. The molecule has 116 valence electrons. The summed E-state index contributed by atoms with van der Waals surface area (Å²) in [5.74, 6) is -0.565. The lowest BCUT2D eigenvalue weighted by Gasteiger charge is -2.39. The topological polar surface area (TPSA) is 57.5 Å². The molecule has 1 fully saturated rings. The first-order valence-corrected chi connectivity index (χ1v) is 7.48. The van der Waals surface area contributed by atoms with Gasteiger partial charge in [-0.15, -0.1) is 6.58 Å². The Balaban J connectivity index is 2.99. The Labute approximate surface area is 127 Å². The fourth-order valence-electron chi connectivity index (χ4n) is 2.57. The van der Waals surface area contributed by atoms with Crippen LogP contribution in [0.2, 0.25) is 0 Å². The lowest BCUT2D eigenvalue weighted by Crippen LogP contribution is -2.42. The zero-order valence-corrected chi connectivity index (χ0v) is 13.1. The van der Waals surface area contributed by atoms with E-state index in [4.69, 9.17) is 0 Å². The molecule has 3 unspecified atom stereocenters. The van der Waals surface area contributed by atoms with Crippen LogP contribution in [-0.2, 0) is 4.79 Å². The third kappa shape index (κ3) is 5.01. The number of carbonyl (C=O) groups is 1. The summed E-state index contributed by atoms with van der Waals surface area (Å²) in [5.41, 5.74) is 1.31. The largest absolute Gasteiger partial charge is 0.478 e. The van der Waals surface area contributed by atoms with Crippen molar-refractivity contribution in [1.82, 2.24) is 0 Å². The summed E-state index contributed by atoms with van der Waals surface area (Å²) in [4.78, 5) is 11.4. The van der Waals surface area contributed by atoms with Crippen LogP contribution in [0.3, 0.4) is 0 Å². The maximum Gasteiger partial charge on any atom is 0.331 e. The van der Waals surface area contributed by atoms with Gasteiger partial charge in [-0.1, -0.05) is 51.2 Å². The number of rotatable bonds is 7. The van der Waals surface area contributed by atoms with Crippen LogP contribution in [-0.4, -0.2) is 22.3 Å². The van der Waals surface area contributed by atoms with Crippen LogP contribution < -0.4 is 0 Å². The summed E-state index contributed by atoms with van der Waals surface area (Å²) in [7, 11) is 0. The molecule has 1 rings (SSSR count). The maximum absolute atomic E-state index is 11.4. The molecule has 2 N–H and O–H groups in total. The van der Waals surface area contributed by atoms with E-state index in [1.54, 1.807) is 12.2 Å². The van der Waals surface area contributed by atoms with Gasteiger partial charge in [-0.2, -0.15) is 0 Å². The number of carboxylic acid groups (broad SMARTS) is 1. The lowest BCUT2D eigenvalue weighted by molar-refractivity contribution is -0.135. The molecule has 0 bridgehead atoms. The number of allylic oxidation sites excluding steroid dienone is 6. The average molecular weight is 290 g/mol. The standard InChI is InChI=1S/C18H26O3/c1-5-6-14(8-7-12(2)3)9-10-15(18(20)21)17-13(4)11-16(17)19/h5,7-10,12-13,16-17,19H,1,6,11H2,2-4H3,(H,20,21)/b8-7-,14-9+,15-10+. The molecular weight excluding hydrogens is 264 g/mol. The number of aliphatic hydroxyl groups excluding tert-OH is 1. The first-order chi connectivity index (χ1) is 9.86. The van der Waals surface area contributed by atoms with Gasteiger partial charge in [0.1, 0.15) is 0 Å².